The van der Waals surface area contributed by atoms with Gasteiger partial charge >= 0.3 is 0 Å². The molecule has 2 aliphatic rings. The monoisotopic (exact) mass is 500 g/mol. The standard InChI is InChI=1S/C26H28N8O3/c1-13(35)15-3-5-16(6-4-15)20-11-30-34-23(27)21(14(2)36)22(31-25(20)34)17-9-18-7-8-19(10-17)33(18)26(37)24-28-12-29-32-24/h3-6,11-13,17-19,35H,7-10,27H2,1-2H3,(H,28,29,32). The van der Waals surface area contributed by atoms with E-state index in [1.54, 1.807) is 13.1 Å². The summed E-state index contributed by atoms with van der Waals surface area (Å²) in [4.78, 5) is 36.8. The Kier molecular flexibility index (Phi) is 5.52. The minimum absolute atomic E-state index is 0.0196. The Balaban J connectivity index is 1.40. The predicted octanol–water partition coefficient (Wildman–Crippen LogP) is 2.90. The van der Waals surface area contributed by atoms with Crippen LogP contribution in [0.25, 0.3) is 16.8 Å². The molecule has 37 heavy (non-hydrogen) atoms. The number of ketones is 1. The Morgan fingerprint density at radius 1 is 1.16 bits per heavy atom. The van der Waals surface area contributed by atoms with E-state index in [9.17, 15) is 14.7 Å². The van der Waals surface area contributed by atoms with Gasteiger partial charge in [0.15, 0.2) is 11.4 Å². The molecule has 2 saturated heterocycles. The van der Waals surface area contributed by atoms with Crippen molar-refractivity contribution in [2.45, 2.75) is 63.6 Å². The van der Waals surface area contributed by atoms with Crippen molar-refractivity contribution in [1.29, 1.82) is 0 Å². The van der Waals surface area contributed by atoms with Gasteiger partial charge in [-0.1, -0.05) is 24.3 Å². The topological polar surface area (TPSA) is 155 Å². The highest BCUT2D eigenvalue weighted by Gasteiger charge is 2.46. The molecule has 2 fully saturated rings. The van der Waals surface area contributed by atoms with Crippen LogP contribution < -0.4 is 5.73 Å². The van der Waals surface area contributed by atoms with Crippen molar-refractivity contribution in [3.05, 3.63) is 59.4 Å². The molecule has 0 saturated carbocycles. The molecule has 3 aromatic heterocycles. The number of H-pyrrole nitrogens is 1. The lowest BCUT2D eigenvalue weighted by Crippen LogP contribution is -2.46. The van der Waals surface area contributed by atoms with Crippen LogP contribution in [0, 0.1) is 0 Å². The zero-order valence-corrected chi connectivity index (χ0v) is 20.6. The third kappa shape index (κ3) is 3.77. The maximum Gasteiger partial charge on any atom is 0.294 e. The molecule has 3 unspecified atom stereocenters. The zero-order chi connectivity index (χ0) is 25.8. The molecular weight excluding hydrogens is 472 g/mol. The van der Waals surface area contributed by atoms with Crippen LogP contribution in [0.2, 0.25) is 0 Å². The first kappa shape index (κ1) is 23.3. The van der Waals surface area contributed by atoms with E-state index in [1.165, 1.54) is 17.8 Å². The van der Waals surface area contributed by atoms with Crippen LogP contribution in [-0.4, -0.2) is 63.6 Å². The number of anilines is 1. The van der Waals surface area contributed by atoms with Gasteiger partial charge in [0.25, 0.3) is 5.91 Å². The lowest BCUT2D eigenvalue weighted by atomic mass is 9.85. The van der Waals surface area contributed by atoms with Gasteiger partial charge in [-0.05, 0) is 50.7 Å². The number of carbonyl (C=O) groups excluding carboxylic acids is 2. The number of Topliss-reactive ketones (excluding diaryl/α,β-unsaturated/α-hetero) is 1. The summed E-state index contributed by atoms with van der Waals surface area (Å²) in [5, 5.41) is 20.9. The Labute approximate surface area is 212 Å². The maximum absolute atomic E-state index is 13.1. The second-order valence-corrected chi connectivity index (χ2v) is 9.99. The third-order valence-corrected chi connectivity index (χ3v) is 7.73. The smallest absolute Gasteiger partial charge is 0.294 e. The Morgan fingerprint density at radius 3 is 2.46 bits per heavy atom. The Bertz CT molecular complexity index is 1480. The van der Waals surface area contributed by atoms with Gasteiger partial charge < -0.3 is 15.7 Å². The summed E-state index contributed by atoms with van der Waals surface area (Å²) in [5.41, 5.74) is 10.7. The van der Waals surface area contributed by atoms with Gasteiger partial charge in [-0.15, -0.1) is 5.10 Å². The van der Waals surface area contributed by atoms with E-state index in [0.29, 0.717) is 29.7 Å². The van der Waals surface area contributed by atoms with Crippen molar-refractivity contribution in [3.8, 4) is 11.1 Å². The number of nitrogen functional groups attached to an aromatic ring is 1. The summed E-state index contributed by atoms with van der Waals surface area (Å²) in [6.45, 7) is 3.22. The lowest BCUT2D eigenvalue weighted by Gasteiger charge is -2.38. The van der Waals surface area contributed by atoms with Crippen molar-refractivity contribution >= 4 is 23.2 Å². The van der Waals surface area contributed by atoms with Gasteiger partial charge in [-0.25, -0.2) is 9.97 Å². The minimum Gasteiger partial charge on any atom is -0.389 e. The van der Waals surface area contributed by atoms with Crippen LogP contribution in [-0.2, 0) is 0 Å². The summed E-state index contributed by atoms with van der Waals surface area (Å²) in [6, 6.07) is 7.62. The number of aliphatic hydroxyl groups excluding tert-OH is 1. The van der Waals surface area contributed by atoms with Crippen molar-refractivity contribution in [3.63, 3.8) is 0 Å². The molecule has 11 heteroatoms. The molecule has 3 atom stereocenters. The number of fused-ring (bicyclic) bond motifs is 3. The molecule has 0 aliphatic carbocycles. The van der Waals surface area contributed by atoms with Crippen LogP contribution in [0.3, 0.4) is 0 Å². The molecule has 1 amide bonds. The van der Waals surface area contributed by atoms with Crippen molar-refractivity contribution in [2.24, 2.45) is 0 Å². The summed E-state index contributed by atoms with van der Waals surface area (Å²) in [6.07, 6.45) is 5.68. The van der Waals surface area contributed by atoms with Gasteiger partial charge in [-0.2, -0.15) is 9.61 Å². The number of hydrogen-bond acceptors (Lipinski definition) is 8. The highest BCUT2D eigenvalue weighted by atomic mass is 16.3. The van der Waals surface area contributed by atoms with Gasteiger partial charge in [0, 0.05) is 23.6 Å². The first-order valence-electron chi connectivity index (χ1n) is 12.5. The van der Waals surface area contributed by atoms with Crippen molar-refractivity contribution in [2.75, 3.05) is 5.73 Å². The predicted molar refractivity (Wildman–Crippen MR) is 135 cm³/mol. The maximum atomic E-state index is 13.1. The average molecular weight is 501 g/mol. The molecule has 6 rings (SSSR count). The first-order valence-corrected chi connectivity index (χ1v) is 12.5. The summed E-state index contributed by atoms with van der Waals surface area (Å²) in [5.74, 6) is 0.0905. The van der Waals surface area contributed by atoms with Gasteiger partial charge in [0.05, 0.1) is 23.6 Å². The number of piperidine rings is 1. The quantitative estimate of drug-likeness (QED) is 0.353. The fraction of sp³-hybridized carbons (Fsp3) is 0.385. The number of aromatic amines is 1. The van der Waals surface area contributed by atoms with Gasteiger partial charge in [0.1, 0.15) is 12.1 Å². The second-order valence-electron chi connectivity index (χ2n) is 9.99. The van der Waals surface area contributed by atoms with E-state index >= 15 is 0 Å². The van der Waals surface area contributed by atoms with E-state index in [2.05, 4.69) is 20.3 Å². The molecule has 2 aliphatic heterocycles. The largest absolute Gasteiger partial charge is 0.389 e. The van der Waals surface area contributed by atoms with E-state index in [0.717, 1.165) is 29.5 Å². The van der Waals surface area contributed by atoms with Crippen LogP contribution in [0.15, 0.2) is 36.8 Å². The number of amides is 1. The molecule has 0 spiro atoms. The van der Waals surface area contributed by atoms with Crippen LogP contribution in [0.4, 0.5) is 5.82 Å². The lowest BCUT2D eigenvalue weighted by molar-refractivity contribution is 0.0556. The average Bonchev–Trinajstić information content (AvgIpc) is 3.62. The number of nitrogens with zero attached hydrogens (tertiary/aromatic N) is 6. The highest BCUT2D eigenvalue weighted by molar-refractivity contribution is 6.00. The van der Waals surface area contributed by atoms with Crippen molar-refractivity contribution in [1.82, 2.24) is 34.7 Å². The van der Waals surface area contributed by atoms with Gasteiger partial charge in [-0.3, -0.25) is 14.7 Å². The second kappa shape index (κ2) is 8.77. The molecule has 1 aromatic carbocycles. The molecule has 2 bridgehead atoms. The fourth-order valence-corrected chi connectivity index (χ4v) is 5.99. The summed E-state index contributed by atoms with van der Waals surface area (Å²) >= 11 is 0. The minimum atomic E-state index is -0.562. The number of carbonyl (C=O) groups is 2. The normalized spacial score (nSPS) is 21.9. The van der Waals surface area contributed by atoms with Gasteiger partial charge in [0.2, 0.25) is 5.82 Å². The number of aromatic nitrogens is 6. The summed E-state index contributed by atoms with van der Waals surface area (Å²) < 4.78 is 1.52. The first-order chi connectivity index (χ1) is 17.8. The number of rotatable bonds is 5. The fourth-order valence-electron chi connectivity index (χ4n) is 5.99. The van der Waals surface area contributed by atoms with E-state index in [4.69, 9.17) is 10.7 Å². The third-order valence-electron chi connectivity index (χ3n) is 7.73. The molecular formula is C26H28N8O3. The Morgan fingerprint density at radius 2 is 1.86 bits per heavy atom. The van der Waals surface area contributed by atoms with E-state index < -0.39 is 6.10 Å². The number of aliphatic hydroxyl groups is 1. The van der Waals surface area contributed by atoms with Crippen LogP contribution >= 0.6 is 0 Å². The molecule has 4 N–H and O–H groups in total. The highest BCUT2D eigenvalue weighted by Crippen LogP contribution is 2.45. The molecule has 5 heterocycles. The van der Waals surface area contributed by atoms with Crippen LogP contribution in [0.5, 0.6) is 0 Å². The molecule has 0 radical (unpaired) electrons. The number of nitrogens with two attached hydrogens (primary N) is 1. The van der Waals surface area contributed by atoms with Crippen molar-refractivity contribution < 1.29 is 14.7 Å². The summed E-state index contributed by atoms with van der Waals surface area (Å²) in [7, 11) is 0. The van der Waals surface area contributed by atoms with E-state index in [-0.39, 0.29) is 41.3 Å². The van der Waals surface area contributed by atoms with E-state index in [1.807, 2.05) is 29.2 Å². The molecule has 11 nitrogen and oxygen atoms in total. The number of benzene rings is 1. The molecule has 190 valence electrons. The number of nitrogens with one attached hydrogen (secondary N) is 1. The molecule has 4 aromatic rings. The Hall–Kier alpha value is -4.12. The van der Waals surface area contributed by atoms with Crippen LogP contribution in [0.1, 0.15) is 83.8 Å². The zero-order valence-electron chi connectivity index (χ0n) is 20.6. The SMILES string of the molecule is CC(=O)c1c(C2CC3CCC(C2)N3C(=O)c2nc[nH]n2)nc2c(-c3ccc(C(C)O)cc3)cnn2c1N. The number of hydrogen-bond donors (Lipinski definition) is 3.